The Kier molecular flexibility index (Phi) is 6.86. The number of hydrogen-bond donors (Lipinski definition) is 1. The molecule has 1 N–H and O–H groups in total. The number of thioether (sulfide) groups is 1. The van der Waals surface area contributed by atoms with Crippen molar-refractivity contribution >= 4 is 35.0 Å². The van der Waals surface area contributed by atoms with Gasteiger partial charge in [-0.25, -0.2) is 0 Å². The Hall–Kier alpha value is -2.35. The normalized spacial score (nSPS) is 10.7. The molecule has 140 valence electrons. The Morgan fingerprint density at radius 1 is 1.19 bits per heavy atom. The van der Waals surface area contributed by atoms with Gasteiger partial charge in [-0.2, -0.15) is 0 Å². The van der Waals surface area contributed by atoms with E-state index in [4.69, 9.17) is 16.3 Å². The molecule has 2 aromatic carbocycles. The van der Waals surface area contributed by atoms with Crippen molar-refractivity contribution in [3.63, 3.8) is 0 Å². The molecule has 1 amide bonds. The standard InChI is InChI=1S/C19H19ClN4O2S/c1-26-11-10-24-18(14-6-3-2-4-7-14)22-23-19(24)27-13-17(25)21-16-9-5-8-15(20)12-16/h2-9,12H,10-11,13H2,1H3,(H,21,25). The van der Waals surface area contributed by atoms with E-state index in [1.165, 1.54) is 11.8 Å². The van der Waals surface area contributed by atoms with Gasteiger partial charge >= 0.3 is 0 Å². The maximum atomic E-state index is 12.2. The van der Waals surface area contributed by atoms with Crippen LogP contribution in [0.3, 0.4) is 0 Å². The second kappa shape index (κ2) is 9.55. The van der Waals surface area contributed by atoms with Crippen LogP contribution >= 0.6 is 23.4 Å². The van der Waals surface area contributed by atoms with Crippen LogP contribution in [0.2, 0.25) is 5.02 Å². The van der Waals surface area contributed by atoms with Crippen LogP contribution in [0.25, 0.3) is 11.4 Å². The van der Waals surface area contributed by atoms with Crippen LogP contribution in [-0.4, -0.2) is 40.1 Å². The number of rotatable bonds is 8. The third kappa shape index (κ3) is 5.32. The van der Waals surface area contributed by atoms with Crippen molar-refractivity contribution < 1.29 is 9.53 Å². The molecule has 1 aromatic heterocycles. The molecule has 8 heteroatoms. The molecule has 0 spiro atoms. The van der Waals surface area contributed by atoms with Gasteiger partial charge in [0.25, 0.3) is 0 Å². The summed E-state index contributed by atoms with van der Waals surface area (Å²) in [6.45, 7) is 1.13. The number of carbonyl (C=O) groups excluding carboxylic acids is 1. The number of amides is 1. The summed E-state index contributed by atoms with van der Waals surface area (Å²) in [4.78, 5) is 12.2. The van der Waals surface area contributed by atoms with Crippen LogP contribution < -0.4 is 5.32 Å². The Balaban J connectivity index is 1.70. The molecule has 0 aliphatic carbocycles. The van der Waals surface area contributed by atoms with E-state index < -0.39 is 0 Å². The van der Waals surface area contributed by atoms with Crippen molar-refractivity contribution in [1.82, 2.24) is 14.8 Å². The molecular formula is C19H19ClN4O2S. The van der Waals surface area contributed by atoms with Crippen LogP contribution in [0.15, 0.2) is 59.8 Å². The molecule has 0 radical (unpaired) electrons. The fourth-order valence-corrected chi connectivity index (χ4v) is 3.43. The van der Waals surface area contributed by atoms with Gasteiger partial charge in [-0.1, -0.05) is 59.8 Å². The summed E-state index contributed by atoms with van der Waals surface area (Å²) in [5.74, 6) is 0.835. The number of anilines is 1. The molecule has 6 nitrogen and oxygen atoms in total. The van der Waals surface area contributed by atoms with Gasteiger partial charge in [0.2, 0.25) is 5.91 Å². The Labute approximate surface area is 166 Å². The van der Waals surface area contributed by atoms with Crippen LogP contribution in [0, 0.1) is 0 Å². The fourth-order valence-electron chi connectivity index (χ4n) is 2.47. The first-order valence-corrected chi connectivity index (χ1v) is 9.69. The second-order valence-electron chi connectivity index (χ2n) is 5.66. The first-order chi connectivity index (χ1) is 13.2. The van der Waals surface area contributed by atoms with E-state index in [0.717, 1.165) is 11.4 Å². The summed E-state index contributed by atoms with van der Waals surface area (Å²) < 4.78 is 7.17. The lowest BCUT2D eigenvalue weighted by Crippen LogP contribution is -2.15. The topological polar surface area (TPSA) is 69.0 Å². The van der Waals surface area contributed by atoms with Crippen molar-refractivity contribution in [2.24, 2.45) is 0 Å². The number of nitrogens with zero attached hydrogens (tertiary/aromatic N) is 3. The molecule has 0 aliphatic rings. The molecular weight excluding hydrogens is 384 g/mol. The van der Waals surface area contributed by atoms with Crippen molar-refractivity contribution in [3.05, 3.63) is 59.6 Å². The average molecular weight is 403 g/mol. The lowest BCUT2D eigenvalue weighted by atomic mass is 10.2. The number of hydrogen-bond acceptors (Lipinski definition) is 5. The number of aromatic nitrogens is 3. The molecule has 0 fully saturated rings. The monoisotopic (exact) mass is 402 g/mol. The van der Waals surface area contributed by atoms with E-state index in [1.54, 1.807) is 31.4 Å². The van der Waals surface area contributed by atoms with Gasteiger partial charge in [-0.05, 0) is 18.2 Å². The highest BCUT2D eigenvalue weighted by Crippen LogP contribution is 2.24. The maximum absolute atomic E-state index is 12.2. The van der Waals surface area contributed by atoms with E-state index in [9.17, 15) is 4.79 Å². The van der Waals surface area contributed by atoms with Crippen LogP contribution in [0.4, 0.5) is 5.69 Å². The predicted molar refractivity (Wildman–Crippen MR) is 108 cm³/mol. The molecule has 3 aromatic rings. The molecule has 27 heavy (non-hydrogen) atoms. The summed E-state index contributed by atoms with van der Waals surface area (Å²) in [7, 11) is 1.65. The molecule has 0 aliphatic heterocycles. The van der Waals surface area contributed by atoms with E-state index >= 15 is 0 Å². The Bertz CT molecular complexity index is 902. The van der Waals surface area contributed by atoms with Gasteiger partial charge in [-0.3, -0.25) is 9.36 Å². The minimum atomic E-state index is -0.134. The summed E-state index contributed by atoms with van der Waals surface area (Å²) in [5, 5.41) is 12.6. The zero-order valence-corrected chi connectivity index (χ0v) is 16.3. The highest BCUT2D eigenvalue weighted by Gasteiger charge is 2.15. The number of carbonyl (C=O) groups is 1. The highest BCUT2D eigenvalue weighted by molar-refractivity contribution is 7.99. The van der Waals surface area contributed by atoms with E-state index in [-0.39, 0.29) is 11.7 Å². The van der Waals surface area contributed by atoms with E-state index in [1.807, 2.05) is 34.9 Å². The average Bonchev–Trinajstić information content (AvgIpc) is 3.08. The number of benzene rings is 2. The summed E-state index contributed by atoms with van der Waals surface area (Å²) in [6.07, 6.45) is 0. The van der Waals surface area contributed by atoms with Crippen molar-refractivity contribution in [3.8, 4) is 11.4 Å². The second-order valence-corrected chi connectivity index (χ2v) is 7.04. The number of nitrogens with one attached hydrogen (secondary N) is 1. The smallest absolute Gasteiger partial charge is 0.234 e. The quantitative estimate of drug-likeness (QED) is 0.577. The van der Waals surface area contributed by atoms with Gasteiger partial charge in [0.1, 0.15) is 0 Å². The maximum Gasteiger partial charge on any atom is 0.234 e. The third-order valence-corrected chi connectivity index (χ3v) is 4.91. The molecule has 0 saturated carbocycles. The Morgan fingerprint density at radius 3 is 2.74 bits per heavy atom. The first-order valence-electron chi connectivity index (χ1n) is 8.33. The lowest BCUT2D eigenvalue weighted by Gasteiger charge is -2.10. The lowest BCUT2D eigenvalue weighted by molar-refractivity contribution is -0.113. The van der Waals surface area contributed by atoms with Gasteiger partial charge in [0, 0.05) is 23.4 Å². The number of ether oxygens (including phenoxy) is 1. The molecule has 0 bridgehead atoms. The van der Waals surface area contributed by atoms with Gasteiger partial charge < -0.3 is 10.1 Å². The fraction of sp³-hybridized carbons (Fsp3) is 0.211. The van der Waals surface area contributed by atoms with E-state index in [0.29, 0.717) is 29.0 Å². The summed E-state index contributed by atoms with van der Waals surface area (Å²) >= 11 is 7.27. The summed E-state index contributed by atoms with van der Waals surface area (Å²) in [5.41, 5.74) is 1.63. The van der Waals surface area contributed by atoms with Gasteiger partial charge in [-0.15, -0.1) is 10.2 Å². The number of halogens is 1. The zero-order chi connectivity index (χ0) is 19.1. The molecule has 1 heterocycles. The predicted octanol–water partition coefficient (Wildman–Crippen LogP) is 3.98. The van der Waals surface area contributed by atoms with Gasteiger partial charge in [0.05, 0.1) is 18.9 Å². The first kappa shape index (κ1) is 19.4. The Morgan fingerprint density at radius 2 is 2.00 bits per heavy atom. The summed E-state index contributed by atoms with van der Waals surface area (Å²) in [6, 6.07) is 16.9. The molecule has 3 rings (SSSR count). The largest absolute Gasteiger partial charge is 0.383 e. The van der Waals surface area contributed by atoms with Crippen LogP contribution in [0.1, 0.15) is 0 Å². The third-order valence-electron chi connectivity index (χ3n) is 3.71. The SMILES string of the molecule is COCCn1c(SCC(=O)Nc2cccc(Cl)c2)nnc1-c1ccccc1. The zero-order valence-electron chi connectivity index (χ0n) is 14.8. The molecule has 0 atom stereocenters. The van der Waals surface area contributed by atoms with E-state index in [2.05, 4.69) is 15.5 Å². The number of methoxy groups -OCH3 is 1. The molecule has 0 unspecified atom stereocenters. The van der Waals surface area contributed by atoms with Crippen molar-refractivity contribution in [1.29, 1.82) is 0 Å². The highest BCUT2D eigenvalue weighted by atomic mass is 35.5. The minimum absolute atomic E-state index is 0.134. The molecule has 0 saturated heterocycles. The van der Waals surface area contributed by atoms with Crippen LogP contribution in [0.5, 0.6) is 0 Å². The van der Waals surface area contributed by atoms with Crippen molar-refractivity contribution in [2.45, 2.75) is 11.7 Å². The van der Waals surface area contributed by atoms with Crippen molar-refractivity contribution in [2.75, 3.05) is 24.8 Å². The van der Waals surface area contributed by atoms with Crippen LogP contribution in [-0.2, 0) is 16.1 Å². The van der Waals surface area contributed by atoms with Gasteiger partial charge in [0.15, 0.2) is 11.0 Å². The minimum Gasteiger partial charge on any atom is -0.383 e.